The van der Waals surface area contributed by atoms with Crippen molar-refractivity contribution >= 4 is 5.97 Å². The number of hydrogen-bond acceptors (Lipinski definition) is 3. The molecule has 0 aliphatic heterocycles. The Labute approximate surface area is 81.7 Å². The Hall–Kier alpha value is -1.97. The number of carbonyl (C=O) groups excluding carboxylic acids is 1. The summed E-state index contributed by atoms with van der Waals surface area (Å²) in [6.45, 7) is 1.36. The second kappa shape index (κ2) is 5.64. The molecule has 0 spiro atoms. The van der Waals surface area contributed by atoms with Gasteiger partial charge < -0.3 is 9.25 Å². The van der Waals surface area contributed by atoms with Crippen molar-refractivity contribution in [3.63, 3.8) is 0 Å². The fraction of sp³-hybridized carbons (Fsp3) is 0.100. The molecule has 0 aromatic carbocycles. The molecule has 4 nitrogen and oxygen atoms in total. The van der Waals surface area contributed by atoms with Gasteiger partial charge in [-0.15, -0.1) is 0 Å². The van der Waals surface area contributed by atoms with Crippen LogP contribution in [0, 0.1) is 0 Å². The second-order valence-corrected chi connectivity index (χ2v) is 2.42. The van der Waals surface area contributed by atoms with Gasteiger partial charge >= 0.3 is 5.97 Å². The zero-order valence-corrected chi connectivity index (χ0v) is 7.79. The maximum atomic E-state index is 10.3. The molecule has 0 atom stereocenters. The lowest BCUT2D eigenvalue weighted by atomic mass is 10.7. The molecule has 0 amide bonds. The van der Waals surface area contributed by atoms with Crippen LogP contribution < -0.4 is 4.84 Å². The molecular formula is C10H11NO3. The van der Waals surface area contributed by atoms with E-state index in [1.165, 1.54) is 11.7 Å². The molecule has 0 fully saturated rings. The number of aromatic nitrogens is 1. The number of hydrogen-bond donors (Lipinski definition) is 0. The molecular weight excluding hydrogens is 182 g/mol. The van der Waals surface area contributed by atoms with Crippen molar-refractivity contribution in [2.75, 3.05) is 0 Å². The minimum absolute atomic E-state index is 0.314. The zero-order valence-electron chi connectivity index (χ0n) is 7.79. The van der Waals surface area contributed by atoms with Crippen LogP contribution in [-0.4, -0.2) is 10.7 Å². The Balaban J connectivity index is 0.000000165. The molecule has 0 aliphatic rings. The number of furan rings is 1. The van der Waals surface area contributed by atoms with Crippen molar-refractivity contribution in [2.24, 2.45) is 0 Å². The van der Waals surface area contributed by atoms with E-state index in [1.807, 2.05) is 12.1 Å². The first-order valence-electron chi connectivity index (χ1n) is 4.08. The largest absolute Gasteiger partial charge is 0.473 e. The van der Waals surface area contributed by atoms with Gasteiger partial charge in [0.25, 0.3) is 0 Å². The second-order valence-electron chi connectivity index (χ2n) is 2.42. The van der Waals surface area contributed by atoms with Crippen LogP contribution in [0.15, 0.2) is 53.6 Å². The minimum atomic E-state index is -0.314. The van der Waals surface area contributed by atoms with Crippen molar-refractivity contribution < 1.29 is 14.0 Å². The summed E-state index contributed by atoms with van der Waals surface area (Å²) in [4.78, 5) is 14.9. The Kier molecular flexibility index (Phi) is 4.07. The summed E-state index contributed by atoms with van der Waals surface area (Å²) < 4.78 is 5.93. The van der Waals surface area contributed by atoms with Gasteiger partial charge in [0.1, 0.15) is 0 Å². The molecule has 74 valence electrons. The van der Waals surface area contributed by atoms with E-state index in [0.717, 1.165) is 0 Å². The van der Waals surface area contributed by atoms with Crippen LogP contribution in [-0.2, 0) is 4.79 Å². The molecule has 0 unspecified atom stereocenters. The Bertz CT molecular complexity index is 320. The van der Waals surface area contributed by atoms with Crippen LogP contribution in [0.25, 0.3) is 0 Å². The van der Waals surface area contributed by atoms with E-state index in [2.05, 4.69) is 9.25 Å². The first-order chi connectivity index (χ1) is 6.79. The molecule has 2 heterocycles. The quantitative estimate of drug-likeness (QED) is 0.693. The summed E-state index contributed by atoms with van der Waals surface area (Å²) >= 11 is 0. The summed E-state index contributed by atoms with van der Waals surface area (Å²) in [5, 5.41) is 0. The fourth-order valence-electron chi connectivity index (χ4n) is 0.755. The van der Waals surface area contributed by atoms with Crippen LogP contribution in [0.5, 0.6) is 0 Å². The Morgan fingerprint density at radius 2 is 1.71 bits per heavy atom. The summed E-state index contributed by atoms with van der Waals surface area (Å²) in [6, 6.07) is 7.23. The average Bonchev–Trinajstić information content (AvgIpc) is 2.75. The molecule has 0 saturated carbocycles. The van der Waals surface area contributed by atoms with E-state index in [9.17, 15) is 4.79 Å². The van der Waals surface area contributed by atoms with Crippen LogP contribution in [0.4, 0.5) is 0 Å². The lowest BCUT2D eigenvalue weighted by molar-refractivity contribution is -0.141. The highest BCUT2D eigenvalue weighted by Crippen LogP contribution is 1.84. The van der Waals surface area contributed by atoms with Gasteiger partial charge in [-0.1, -0.05) is 0 Å². The van der Waals surface area contributed by atoms with Gasteiger partial charge in [0.15, 0.2) is 0 Å². The van der Waals surface area contributed by atoms with Gasteiger partial charge in [-0.25, -0.2) is 4.79 Å². The van der Waals surface area contributed by atoms with Crippen molar-refractivity contribution in [3.05, 3.63) is 49.2 Å². The molecule has 14 heavy (non-hydrogen) atoms. The standard InChI is InChI=1S/C6H7NO2.C4H4O/c1-6(8)9-7-4-2-3-5-7;1-2-4-5-3-1/h2-5H,1H3;1-4H. The molecule has 0 aliphatic carbocycles. The summed E-state index contributed by atoms with van der Waals surface area (Å²) in [5.74, 6) is -0.314. The highest BCUT2D eigenvalue weighted by atomic mass is 16.7. The van der Waals surface area contributed by atoms with Crippen molar-refractivity contribution in [1.82, 2.24) is 4.73 Å². The third-order valence-electron chi connectivity index (χ3n) is 1.24. The maximum Gasteiger partial charge on any atom is 0.329 e. The van der Waals surface area contributed by atoms with E-state index in [1.54, 1.807) is 37.1 Å². The van der Waals surface area contributed by atoms with Crippen molar-refractivity contribution in [3.8, 4) is 0 Å². The molecule has 0 saturated heterocycles. The molecule has 0 bridgehead atoms. The van der Waals surface area contributed by atoms with Crippen LogP contribution in [0.3, 0.4) is 0 Å². The fourth-order valence-corrected chi connectivity index (χ4v) is 0.755. The smallest absolute Gasteiger partial charge is 0.329 e. The number of carbonyl (C=O) groups is 1. The summed E-state index contributed by atoms with van der Waals surface area (Å²) in [7, 11) is 0. The highest BCUT2D eigenvalue weighted by molar-refractivity contribution is 5.66. The van der Waals surface area contributed by atoms with E-state index in [4.69, 9.17) is 0 Å². The van der Waals surface area contributed by atoms with Crippen molar-refractivity contribution in [1.29, 1.82) is 0 Å². The van der Waals surface area contributed by atoms with Crippen LogP contribution in [0.1, 0.15) is 6.92 Å². The van der Waals surface area contributed by atoms with E-state index in [-0.39, 0.29) is 5.97 Å². The Morgan fingerprint density at radius 3 is 2.07 bits per heavy atom. The topological polar surface area (TPSA) is 44.4 Å². The van der Waals surface area contributed by atoms with E-state index >= 15 is 0 Å². The first kappa shape index (κ1) is 10.1. The van der Waals surface area contributed by atoms with E-state index < -0.39 is 0 Å². The molecule has 2 aromatic heterocycles. The summed E-state index contributed by atoms with van der Waals surface area (Å²) in [5.41, 5.74) is 0. The molecule has 4 heteroatoms. The lowest BCUT2D eigenvalue weighted by Crippen LogP contribution is -2.13. The third-order valence-corrected chi connectivity index (χ3v) is 1.24. The predicted octanol–water partition coefficient (Wildman–Crippen LogP) is 1.74. The van der Waals surface area contributed by atoms with Crippen LogP contribution >= 0.6 is 0 Å². The van der Waals surface area contributed by atoms with Crippen LogP contribution in [0.2, 0.25) is 0 Å². The summed E-state index contributed by atoms with van der Waals surface area (Å²) in [6.07, 6.45) is 6.56. The van der Waals surface area contributed by atoms with Gasteiger partial charge in [-0.3, -0.25) is 0 Å². The van der Waals surface area contributed by atoms with E-state index in [0.29, 0.717) is 0 Å². The monoisotopic (exact) mass is 193 g/mol. The number of rotatable bonds is 1. The third kappa shape index (κ3) is 4.15. The molecule has 2 aromatic rings. The van der Waals surface area contributed by atoms with Gasteiger partial charge in [-0.05, 0) is 24.3 Å². The highest BCUT2D eigenvalue weighted by Gasteiger charge is 1.90. The lowest BCUT2D eigenvalue weighted by Gasteiger charge is -1.97. The van der Waals surface area contributed by atoms with Crippen molar-refractivity contribution in [2.45, 2.75) is 6.92 Å². The molecule has 2 rings (SSSR count). The Morgan fingerprint density at radius 1 is 1.14 bits per heavy atom. The van der Waals surface area contributed by atoms with Gasteiger partial charge in [0.2, 0.25) is 0 Å². The molecule has 0 N–H and O–H groups in total. The SMILES string of the molecule is CC(=O)On1cccc1.c1ccoc1. The minimum Gasteiger partial charge on any atom is -0.473 e. The van der Waals surface area contributed by atoms with Gasteiger partial charge in [0.05, 0.1) is 12.5 Å². The number of nitrogens with zero attached hydrogens (tertiary/aromatic N) is 1. The zero-order chi connectivity index (χ0) is 10.2. The average molecular weight is 193 g/mol. The first-order valence-corrected chi connectivity index (χ1v) is 4.08. The van der Waals surface area contributed by atoms with Gasteiger partial charge in [0, 0.05) is 19.3 Å². The van der Waals surface area contributed by atoms with Gasteiger partial charge in [-0.2, -0.15) is 4.73 Å². The normalized spacial score (nSPS) is 8.64. The predicted molar refractivity (Wildman–Crippen MR) is 50.4 cm³/mol. The molecule has 0 radical (unpaired) electrons. The maximum absolute atomic E-state index is 10.3.